The molecule has 1 fully saturated rings. The third-order valence-electron chi connectivity index (χ3n) is 9.65. The molecule has 0 unspecified atom stereocenters. The molecule has 0 radical (unpaired) electrons. The molecule has 0 N–H and O–H groups in total. The van der Waals surface area contributed by atoms with Crippen molar-refractivity contribution in [2.75, 3.05) is 57.8 Å². The van der Waals surface area contributed by atoms with Gasteiger partial charge in [-0.25, -0.2) is 0 Å². The lowest BCUT2D eigenvalue weighted by molar-refractivity contribution is -0.133. The highest BCUT2D eigenvalue weighted by atomic mass is 16.2. The molecule has 3 amide bonds. The van der Waals surface area contributed by atoms with Crippen LogP contribution < -0.4 is 4.90 Å². The van der Waals surface area contributed by atoms with Gasteiger partial charge in [0.2, 0.25) is 11.8 Å². The van der Waals surface area contributed by atoms with Crippen LogP contribution in [-0.2, 0) is 29.1 Å². The van der Waals surface area contributed by atoms with Gasteiger partial charge >= 0.3 is 0 Å². The largest absolute Gasteiger partial charge is 0.358 e. The Labute approximate surface area is 278 Å². The van der Waals surface area contributed by atoms with Gasteiger partial charge in [0.1, 0.15) is 12.4 Å². The number of aryl methyl sites for hydroxylation is 2. The summed E-state index contributed by atoms with van der Waals surface area (Å²) in [5.41, 5.74) is 6.41. The Kier molecular flexibility index (Phi) is 9.73. The predicted molar refractivity (Wildman–Crippen MR) is 186 cm³/mol. The summed E-state index contributed by atoms with van der Waals surface area (Å²) in [5, 5.41) is 0. The van der Waals surface area contributed by atoms with Gasteiger partial charge in [0, 0.05) is 75.6 Å². The molecule has 9 nitrogen and oxygen atoms in total. The van der Waals surface area contributed by atoms with E-state index in [0.29, 0.717) is 37.5 Å². The summed E-state index contributed by atoms with van der Waals surface area (Å²) in [6, 6.07) is 22.3. The average molecular weight is 635 g/mol. The van der Waals surface area contributed by atoms with Crippen LogP contribution in [0.5, 0.6) is 0 Å². The molecule has 6 rings (SSSR count). The molecular weight excluding hydrogens is 588 g/mol. The number of fused-ring (bicyclic) bond motifs is 1. The zero-order valence-electron chi connectivity index (χ0n) is 28.1. The Morgan fingerprint density at radius 3 is 2.19 bits per heavy atom. The molecule has 1 saturated heterocycles. The number of anilines is 1. The Bertz CT molecular complexity index is 1640. The first kappa shape index (κ1) is 32.4. The number of hydrogen-bond acceptors (Lipinski definition) is 6. The molecule has 246 valence electrons. The summed E-state index contributed by atoms with van der Waals surface area (Å²) < 4.78 is 0. The van der Waals surface area contributed by atoms with Crippen molar-refractivity contribution in [2.24, 2.45) is 4.99 Å². The van der Waals surface area contributed by atoms with Gasteiger partial charge in [-0.3, -0.25) is 24.3 Å². The highest BCUT2D eigenvalue weighted by Gasteiger charge is 2.30. The van der Waals surface area contributed by atoms with Crippen molar-refractivity contribution in [3.63, 3.8) is 0 Å². The number of rotatable bonds is 8. The fraction of sp³-hybridized carbons (Fsp3) is 0.421. The van der Waals surface area contributed by atoms with E-state index in [0.717, 1.165) is 78.6 Å². The van der Waals surface area contributed by atoms with Crippen molar-refractivity contribution in [1.29, 1.82) is 0 Å². The number of piperazine rings is 1. The van der Waals surface area contributed by atoms with Crippen LogP contribution in [0.25, 0.3) is 0 Å². The SMILES string of the molecule is Cc1ccc(C(=O)N2CC(=O)N(Cc3ccc(C4=NCCN4C)cc3)c3cc(CCC(=O)N4CCN(C(C)C)CC4)ccc3C2)cc1. The number of amides is 3. The van der Waals surface area contributed by atoms with Crippen LogP contribution in [0, 0.1) is 6.92 Å². The van der Waals surface area contributed by atoms with Crippen molar-refractivity contribution in [1.82, 2.24) is 19.6 Å². The van der Waals surface area contributed by atoms with Crippen LogP contribution in [0.4, 0.5) is 5.69 Å². The van der Waals surface area contributed by atoms with Gasteiger partial charge in [-0.2, -0.15) is 0 Å². The number of nitrogens with zero attached hydrogens (tertiary/aromatic N) is 6. The minimum atomic E-state index is -0.163. The van der Waals surface area contributed by atoms with E-state index in [-0.39, 0.29) is 24.3 Å². The van der Waals surface area contributed by atoms with Crippen LogP contribution >= 0.6 is 0 Å². The summed E-state index contributed by atoms with van der Waals surface area (Å²) in [7, 11) is 2.05. The number of benzene rings is 3. The van der Waals surface area contributed by atoms with Gasteiger partial charge in [0.15, 0.2) is 0 Å². The van der Waals surface area contributed by atoms with Crippen molar-refractivity contribution in [2.45, 2.75) is 52.7 Å². The lowest BCUT2D eigenvalue weighted by Crippen LogP contribution is -2.50. The molecule has 0 atom stereocenters. The molecule has 3 aliphatic rings. The molecule has 3 heterocycles. The maximum Gasteiger partial charge on any atom is 0.254 e. The fourth-order valence-corrected chi connectivity index (χ4v) is 6.67. The highest BCUT2D eigenvalue weighted by Crippen LogP contribution is 2.30. The molecule has 3 aromatic carbocycles. The van der Waals surface area contributed by atoms with Crippen molar-refractivity contribution >= 4 is 29.2 Å². The number of carbonyl (C=O) groups is 3. The molecule has 0 aliphatic carbocycles. The zero-order valence-corrected chi connectivity index (χ0v) is 28.1. The van der Waals surface area contributed by atoms with Gasteiger partial charge in [0.25, 0.3) is 5.91 Å². The van der Waals surface area contributed by atoms with Crippen molar-refractivity contribution < 1.29 is 14.4 Å². The minimum absolute atomic E-state index is 0.0166. The van der Waals surface area contributed by atoms with Gasteiger partial charge in [0.05, 0.1) is 13.1 Å². The molecule has 9 heteroatoms. The van der Waals surface area contributed by atoms with Crippen molar-refractivity contribution in [3.05, 3.63) is 100 Å². The predicted octanol–water partition coefficient (Wildman–Crippen LogP) is 4.36. The maximum absolute atomic E-state index is 14.0. The van der Waals surface area contributed by atoms with E-state index in [1.165, 1.54) is 0 Å². The molecule has 3 aliphatic heterocycles. The van der Waals surface area contributed by atoms with Crippen molar-refractivity contribution in [3.8, 4) is 0 Å². The molecule has 3 aromatic rings. The average Bonchev–Trinajstić information content (AvgIpc) is 3.46. The summed E-state index contributed by atoms with van der Waals surface area (Å²) in [4.78, 5) is 55.4. The van der Waals surface area contributed by atoms with Gasteiger partial charge in [-0.15, -0.1) is 0 Å². The molecular formula is C38H46N6O3. The number of aliphatic imine (C=N–C) groups is 1. The topological polar surface area (TPSA) is 79.8 Å². The maximum atomic E-state index is 14.0. The first-order valence-corrected chi connectivity index (χ1v) is 16.8. The molecule has 0 bridgehead atoms. The lowest BCUT2D eigenvalue weighted by atomic mass is 10.0. The van der Waals surface area contributed by atoms with Crippen LogP contribution in [0.1, 0.15) is 58.4 Å². The molecule has 0 spiro atoms. The number of hydrogen-bond donors (Lipinski definition) is 0. The van der Waals surface area contributed by atoms with E-state index in [2.05, 4.69) is 52.9 Å². The summed E-state index contributed by atoms with van der Waals surface area (Å²) in [6.45, 7) is 12.1. The minimum Gasteiger partial charge on any atom is -0.358 e. The molecule has 47 heavy (non-hydrogen) atoms. The Balaban J connectivity index is 1.23. The normalized spacial score (nSPS) is 17.2. The summed E-state index contributed by atoms with van der Waals surface area (Å²) in [5.74, 6) is 0.858. The summed E-state index contributed by atoms with van der Waals surface area (Å²) in [6.07, 6.45) is 1.01. The lowest BCUT2D eigenvalue weighted by Gasteiger charge is -2.37. The number of carbonyl (C=O) groups excluding carboxylic acids is 3. The van der Waals surface area contributed by atoms with E-state index in [4.69, 9.17) is 0 Å². The van der Waals surface area contributed by atoms with E-state index >= 15 is 0 Å². The van der Waals surface area contributed by atoms with E-state index in [1.807, 2.05) is 66.2 Å². The van der Waals surface area contributed by atoms with E-state index in [9.17, 15) is 14.4 Å². The number of likely N-dealkylation sites (N-methyl/N-ethyl adjacent to an activating group) is 1. The summed E-state index contributed by atoms with van der Waals surface area (Å²) >= 11 is 0. The monoisotopic (exact) mass is 634 g/mol. The van der Waals surface area contributed by atoms with Gasteiger partial charge < -0.3 is 19.6 Å². The van der Waals surface area contributed by atoms with Crippen LogP contribution in [0.3, 0.4) is 0 Å². The van der Waals surface area contributed by atoms with Gasteiger partial charge in [-0.05, 0) is 62.1 Å². The van der Waals surface area contributed by atoms with E-state index < -0.39 is 0 Å². The first-order valence-electron chi connectivity index (χ1n) is 16.8. The van der Waals surface area contributed by atoms with Crippen LogP contribution in [0.2, 0.25) is 0 Å². The second kappa shape index (κ2) is 14.1. The van der Waals surface area contributed by atoms with Gasteiger partial charge in [-0.1, -0.05) is 54.1 Å². The molecule has 0 aromatic heterocycles. The Morgan fingerprint density at radius 2 is 1.53 bits per heavy atom. The fourth-order valence-electron chi connectivity index (χ4n) is 6.67. The molecule has 0 saturated carbocycles. The Morgan fingerprint density at radius 1 is 0.830 bits per heavy atom. The second-order valence-corrected chi connectivity index (χ2v) is 13.3. The first-order chi connectivity index (χ1) is 22.7. The third-order valence-corrected chi connectivity index (χ3v) is 9.65. The standard InChI is InChI=1S/C38H46N6O3/c1-27(2)41-19-21-42(22-20-41)35(45)16-10-29-7-15-33-25-43(38(47)32-11-5-28(3)6-12-32)26-36(46)44(34(33)23-29)24-30-8-13-31(14-9-30)37-39-17-18-40(37)4/h5-9,11-15,23,27H,10,16-22,24-26H2,1-4H3. The Hall–Kier alpha value is -4.50. The third kappa shape index (κ3) is 7.41. The van der Waals surface area contributed by atoms with Crippen LogP contribution in [-0.4, -0.2) is 102 Å². The zero-order chi connectivity index (χ0) is 33.1. The van der Waals surface area contributed by atoms with E-state index in [1.54, 1.807) is 4.90 Å². The van der Waals surface area contributed by atoms with Crippen LogP contribution in [0.15, 0.2) is 71.7 Å². The smallest absolute Gasteiger partial charge is 0.254 e. The highest BCUT2D eigenvalue weighted by molar-refractivity contribution is 6.02. The second-order valence-electron chi connectivity index (χ2n) is 13.3. The number of amidine groups is 1. The quantitative estimate of drug-likeness (QED) is 0.368.